The normalized spacial score (nSPS) is 19.9. The zero-order chi connectivity index (χ0) is 45.8. The maximum Gasteiger partial charge on any atom is 0.530 e. The molecule has 15 nitrogen and oxygen atoms in total. The number of aliphatic hydroxyl groups is 2. The largest absolute Gasteiger partial charge is 0.530 e. The Bertz CT molecular complexity index is 2190. The molecular formula is C46H61ClFN6O9P. The Morgan fingerprint density at radius 2 is 1.61 bits per heavy atom. The highest BCUT2D eigenvalue weighted by atomic mass is 35.5. The first-order valence-corrected chi connectivity index (χ1v) is 24.1. The fourth-order valence-corrected chi connectivity index (χ4v) is 9.01. The Hall–Kier alpha value is -4.19. The average Bonchev–Trinajstić information content (AvgIpc) is 3.83. The number of nitrogens with zero attached hydrogens (tertiary/aromatic N) is 5. The maximum atomic E-state index is 14.5. The maximum absolute atomic E-state index is 14.5. The van der Waals surface area contributed by atoms with Gasteiger partial charge in [-0.1, -0.05) is 121 Å². The van der Waals surface area contributed by atoms with E-state index in [4.69, 9.17) is 45.1 Å². The number of hydrogen-bond acceptors (Lipinski definition) is 14. The summed E-state index contributed by atoms with van der Waals surface area (Å²) in [4.78, 5) is 3.95. The van der Waals surface area contributed by atoms with E-state index in [1.54, 1.807) is 24.3 Å². The van der Waals surface area contributed by atoms with Crippen LogP contribution in [0.4, 0.5) is 10.2 Å². The summed E-state index contributed by atoms with van der Waals surface area (Å²) in [5.74, 6) is -0.537. The number of ether oxygens (including phenoxy) is 3. The number of phosphoric acid groups is 1. The van der Waals surface area contributed by atoms with E-state index >= 15 is 0 Å². The number of hydrogen-bond donors (Lipinski definition) is 3. The number of aliphatic hydroxyl groups excluding tert-OH is 2. The van der Waals surface area contributed by atoms with Gasteiger partial charge in [-0.15, -0.1) is 0 Å². The topological polar surface area (TPSA) is 217 Å². The number of nitriles is 2. The molecule has 4 N–H and O–H groups in total. The first-order valence-electron chi connectivity index (χ1n) is 22.3. The number of para-hydroxylation sites is 1. The minimum atomic E-state index is -4.78. The van der Waals surface area contributed by atoms with E-state index in [9.17, 15) is 29.7 Å². The third-order valence-corrected chi connectivity index (χ3v) is 12.8. The van der Waals surface area contributed by atoms with Gasteiger partial charge >= 0.3 is 7.82 Å². The van der Waals surface area contributed by atoms with Crippen molar-refractivity contribution in [2.75, 3.05) is 32.2 Å². The van der Waals surface area contributed by atoms with Gasteiger partial charge in [-0.2, -0.15) is 15.6 Å². The number of nitrogen functional groups attached to an aromatic ring is 1. The van der Waals surface area contributed by atoms with Crippen LogP contribution in [0.25, 0.3) is 5.52 Å². The van der Waals surface area contributed by atoms with E-state index in [1.165, 1.54) is 106 Å². The van der Waals surface area contributed by atoms with Crippen molar-refractivity contribution in [1.29, 1.82) is 10.5 Å². The van der Waals surface area contributed by atoms with Crippen molar-refractivity contribution in [3.05, 3.63) is 88.6 Å². The number of aromatic nitrogens is 3. The first-order chi connectivity index (χ1) is 31.0. The summed E-state index contributed by atoms with van der Waals surface area (Å²) < 4.78 is 65.7. The highest BCUT2D eigenvalue weighted by Crippen LogP contribution is 2.53. The number of nitrogens with two attached hydrogens (primary N) is 1. The van der Waals surface area contributed by atoms with E-state index < -0.39 is 56.9 Å². The van der Waals surface area contributed by atoms with Gasteiger partial charge in [0.15, 0.2) is 5.82 Å². The van der Waals surface area contributed by atoms with E-state index in [0.29, 0.717) is 17.7 Å². The quantitative estimate of drug-likeness (QED) is 0.0328. The second kappa shape index (κ2) is 26.1. The molecule has 1 aliphatic rings. The van der Waals surface area contributed by atoms with Crippen LogP contribution in [0.1, 0.15) is 126 Å². The summed E-state index contributed by atoms with van der Waals surface area (Å²) in [5.41, 5.74) is 4.83. The number of unbranched alkanes of at least 4 members (excludes halogenated alkanes) is 14. The van der Waals surface area contributed by atoms with Gasteiger partial charge in [-0.3, -0.25) is 9.05 Å². The van der Waals surface area contributed by atoms with Crippen molar-refractivity contribution in [3.63, 3.8) is 0 Å². The van der Waals surface area contributed by atoms with Gasteiger partial charge in [0.1, 0.15) is 60.5 Å². The Balaban J connectivity index is 1.19. The molecule has 5 rings (SSSR count). The van der Waals surface area contributed by atoms with E-state index in [1.807, 2.05) is 12.1 Å². The molecule has 1 fully saturated rings. The summed E-state index contributed by atoms with van der Waals surface area (Å²) in [6.07, 6.45) is 13.9. The van der Waals surface area contributed by atoms with Crippen molar-refractivity contribution in [3.8, 4) is 17.9 Å². The highest BCUT2D eigenvalue weighted by Gasteiger charge is 2.57. The summed E-state index contributed by atoms with van der Waals surface area (Å²) >= 11 is 6.37. The van der Waals surface area contributed by atoms with Gasteiger partial charge in [-0.25, -0.2) is 18.5 Å². The lowest BCUT2D eigenvalue weighted by Crippen LogP contribution is -2.45. The molecule has 2 aromatic heterocycles. The van der Waals surface area contributed by atoms with Crippen LogP contribution < -0.4 is 10.3 Å². The van der Waals surface area contributed by atoms with Crippen LogP contribution in [0.3, 0.4) is 0 Å². The molecule has 1 saturated heterocycles. The molecule has 0 spiro atoms. The van der Waals surface area contributed by atoms with Crippen LogP contribution in [-0.2, 0) is 34.4 Å². The Morgan fingerprint density at radius 3 is 2.27 bits per heavy atom. The van der Waals surface area contributed by atoms with E-state index in [-0.39, 0.29) is 41.1 Å². The lowest BCUT2D eigenvalue weighted by molar-refractivity contribution is -0.0784. The molecule has 3 unspecified atom stereocenters. The molecule has 0 amide bonds. The van der Waals surface area contributed by atoms with Crippen molar-refractivity contribution >= 4 is 30.8 Å². The van der Waals surface area contributed by atoms with Crippen LogP contribution in [0.2, 0.25) is 5.02 Å². The Labute approximate surface area is 380 Å². The second-order valence-corrected chi connectivity index (χ2v) is 18.1. The van der Waals surface area contributed by atoms with Gasteiger partial charge < -0.3 is 34.7 Å². The number of fused-ring (bicyclic) bond motifs is 1. The van der Waals surface area contributed by atoms with E-state index in [0.717, 1.165) is 31.7 Å². The molecule has 0 bridgehead atoms. The lowest BCUT2D eigenvalue weighted by Gasteiger charge is -2.27. The zero-order valence-electron chi connectivity index (χ0n) is 36.5. The van der Waals surface area contributed by atoms with Crippen molar-refractivity contribution in [2.24, 2.45) is 0 Å². The second-order valence-electron chi connectivity index (χ2n) is 16.1. The van der Waals surface area contributed by atoms with Crippen LogP contribution in [0.5, 0.6) is 5.75 Å². The molecule has 0 saturated carbocycles. The first kappa shape index (κ1) is 50.8. The molecule has 6 atom stereocenters. The molecule has 3 heterocycles. The summed E-state index contributed by atoms with van der Waals surface area (Å²) in [5, 5.41) is 46.4. The molecule has 0 radical (unpaired) electrons. The highest BCUT2D eigenvalue weighted by molar-refractivity contribution is 7.49. The predicted molar refractivity (Wildman–Crippen MR) is 239 cm³/mol. The van der Waals surface area contributed by atoms with Crippen molar-refractivity contribution in [2.45, 2.75) is 140 Å². The van der Waals surface area contributed by atoms with E-state index in [2.05, 4.69) is 17.0 Å². The van der Waals surface area contributed by atoms with Crippen molar-refractivity contribution < 1.29 is 47.0 Å². The van der Waals surface area contributed by atoms with Gasteiger partial charge in [0, 0.05) is 6.61 Å². The lowest BCUT2D eigenvalue weighted by atomic mass is 9.96. The SMILES string of the molecule is CCCCCCCCCCCCCCCCCOC[C@H](COP(=O)(OCC1(C#N)O[C@@H](c2ccc3c(N)ncnn23)[C@H](O)C1O)Oc1ccccc1Cl)OCc1cc(F)cc(C#N)c1. The predicted octanol–water partition coefficient (Wildman–Crippen LogP) is 9.72. The molecule has 348 valence electrons. The van der Waals surface area contributed by atoms with Gasteiger partial charge in [0.05, 0.1) is 42.2 Å². The van der Waals surface area contributed by atoms with Crippen LogP contribution in [0, 0.1) is 28.5 Å². The summed E-state index contributed by atoms with van der Waals surface area (Å²) in [6.45, 7) is 1.13. The average molecular weight is 927 g/mol. The molecule has 4 aromatic rings. The fourth-order valence-electron chi connectivity index (χ4n) is 7.50. The van der Waals surface area contributed by atoms with Gasteiger partial charge in [-0.05, 0) is 54.4 Å². The minimum Gasteiger partial charge on any atom is -0.402 e. The molecule has 18 heteroatoms. The Morgan fingerprint density at radius 1 is 0.938 bits per heavy atom. The molecule has 64 heavy (non-hydrogen) atoms. The third-order valence-electron chi connectivity index (χ3n) is 11.1. The third kappa shape index (κ3) is 14.9. The molecule has 2 aromatic carbocycles. The summed E-state index contributed by atoms with van der Waals surface area (Å²) in [6, 6.07) is 16.9. The van der Waals surface area contributed by atoms with Crippen LogP contribution >= 0.6 is 19.4 Å². The van der Waals surface area contributed by atoms with Crippen molar-refractivity contribution in [1.82, 2.24) is 14.6 Å². The van der Waals surface area contributed by atoms with Gasteiger partial charge in [0.2, 0.25) is 5.60 Å². The number of phosphoric ester groups is 1. The number of halogens is 2. The van der Waals surface area contributed by atoms with Crippen LogP contribution in [-0.4, -0.2) is 75.2 Å². The standard InChI is InChI=1S/C46H61ClFN6O9P/c1-2-3-4-5-6-7-8-9-10-11-12-13-14-15-18-23-58-29-37(59-28-35-24-34(27-49)25-36(48)26-35)30-60-64(57,63-41-20-17-16-19-38(41)47)61-32-46(31-50)44(56)42(55)43(62-46)39-21-22-40-45(51)52-33-53-54(39)40/h16-17,19-22,24-26,33,37,42-44,55-56H,2-15,18,23,28-30,32H2,1H3,(H2,51,52,53)/t37-,42+,43+,44?,46?,64?/m1/s1. The molecular weight excluding hydrogens is 866 g/mol. The van der Waals surface area contributed by atoms with Crippen LogP contribution in [0.15, 0.2) is 60.9 Å². The molecule has 0 aliphatic carbocycles. The summed E-state index contributed by atoms with van der Waals surface area (Å²) in [7, 11) is -4.78. The molecule has 1 aliphatic heterocycles. The zero-order valence-corrected chi connectivity index (χ0v) is 38.1. The number of benzene rings is 2. The minimum absolute atomic E-state index is 0.0255. The fraction of sp³-hybridized carbons (Fsp3) is 0.565. The number of anilines is 1. The Kier molecular flexibility index (Phi) is 20.7. The number of rotatable bonds is 30. The van der Waals surface area contributed by atoms with Gasteiger partial charge in [0.25, 0.3) is 0 Å². The monoisotopic (exact) mass is 926 g/mol. The smallest absolute Gasteiger partial charge is 0.402 e.